The van der Waals surface area contributed by atoms with Crippen LogP contribution in [-0.4, -0.2) is 104 Å². The number of piperazine rings is 1. The number of nitrogens with one attached hydrogen (secondary N) is 1. The second-order valence-corrected chi connectivity index (χ2v) is 11.1. The Labute approximate surface area is 219 Å². The molecule has 3 aliphatic heterocycles. The second-order valence-electron chi connectivity index (χ2n) is 11.1. The van der Waals surface area contributed by atoms with E-state index < -0.39 is 18.2 Å². The van der Waals surface area contributed by atoms with Crippen molar-refractivity contribution < 1.29 is 23.9 Å². The van der Waals surface area contributed by atoms with Gasteiger partial charge in [0.25, 0.3) is 5.91 Å². The molecule has 37 heavy (non-hydrogen) atoms. The minimum Gasteiger partial charge on any atom is -0.374 e. The minimum absolute atomic E-state index is 0.00806. The molecule has 0 spiro atoms. The third kappa shape index (κ3) is 5.68. The zero-order valence-electron chi connectivity index (χ0n) is 22.2. The Kier molecular flexibility index (Phi) is 7.83. The van der Waals surface area contributed by atoms with Crippen LogP contribution < -0.4 is 10.2 Å². The van der Waals surface area contributed by atoms with Crippen LogP contribution in [0.5, 0.6) is 0 Å². The van der Waals surface area contributed by atoms with Crippen molar-refractivity contribution in [2.24, 2.45) is 5.92 Å². The summed E-state index contributed by atoms with van der Waals surface area (Å²) in [7, 11) is 0. The average Bonchev–Trinajstić information content (AvgIpc) is 3.59. The molecule has 202 valence electrons. The van der Waals surface area contributed by atoms with Gasteiger partial charge in [-0.3, -0.25) is 19.3 Å². The minimum atomic E-state index is -0.725. The van der Waals surface area contributed by atoms with Crippen LogP contribution in [0, 0.1) is 5.92 Å². The molecule has 5 rings (SSSR count). The molecule has 4 aliphatic rings. The number of hydrogen-bond acceptors (Lipinski definition) is 7. The summed E-state index contributed by atoms with van der Waals surface area (Å²) in [6.07, 6.45) is 2.38. The zero-order valence-corrected chi connectivity index (χ0v) is 22.2. The third-order valence-corrected chi connectivity index (χ3v) is 7.98. The highest BCUT2D eigenvalue weighted by atomic mass is 16.6. The van der Waals surface area contributed by atoms with Crippen LogP contribution in [0.15, 0.2) is 24.3 Å². The van der Waals surface area contributed by atoms with Gasteiger partial charge in [0.1, 0.15) is 30.9 Å². The molecule has 0 bridgehead atoms. The Balaban J connectivity index is 1.24. The Hall–Kier alpha value is -2.49. The van der Waals surface area contributed by atoms with Crippen molar-refractivity contribution >= 4 is 23.3 Å². The van der Waals surface area contributed by atoms with Crippen molar-refractivity contribution in [3.8, 4) is 0 Å². The molecule has 2 amide bonds. The topological polar surface area (TPSA) is 91.4 Å². The van der Waals surface area contributed by atoms with Crippen molar-refractivity contribution in [3.63, 3.8) is 0 Å². The summed E-state index contributed by atoms with van der Waals surface area (Å²) < 4.78 is 11.4. The fraction of sp³-hybridized carbons (Fsp3) is 0.679. The molecule has 1 saturated carbocycles. The Morgan fingerprint density at radius 2 is 1.81 bits per heavy atom. The molecule has 4 fully saturated rings. The van der Waals surface area contributed by atoms with Gasteiger partial charge in [0, 0.05) is 50.1 Å². The lowest BCUT2D eigenvalue weighted by molar-refractivity contribution is -0.138. The Bertz CT molecular complexity index is 987. The number of anilines is 1. The summed E-state index contributed by atoms with van der Waals surface area (Å²) in [6, 6.07) is 7.08. The number of benzene rings is 1. The van der Waals surface area contributed by atoms with E-state index in [9.17, 15) is 14.4 Å². The summed E-state index contributed by atoms with van der Waals surface area (Å²) in [5.41, 5.74) is 1.64. The van der Waals surface area contributed by atoms with Gasteiger partial charge in [-0.15, -0.1) is 0 Å². The number of carbonyl (C=O) groups excluding carboxylic acids is 3. The molecule has 1 aliphatic carbocycles. The SMILES string of the molecule is CCO[C@H]1CN(C(=O)[C@H](CC(C)C)NC(=O)c2ccc(N3CCN(C4CC4)CC3)cc2)[C@@H]2C(=O)CO[C@H]12. The average molecular weight is 513 g/mol. The van der Waals surface area contributed by atoms with Gasteiger partial charge in [-0.1, -0.05) is 13.8 Å². The third-order valence-electron chi connectivity index (χ3n) is 7.98. The molecule has 4 atom stereocenters. The maximum absolute atomic E-state index is 13.7. The van der Waals surface area contributed by atoms with Crippen molar-refractivity contribution in [2.45, 2.75) is 70.4 Å². The van der Waals surface area contributed by atoms with Gasteiger partial charge in [0.2, 0.25) is 5.91 Å². The molecular formula is C28H40N4O5. The van der Waals surface area contributed by atoms with Gasteiger partial charge in [-0.25, -0.2) is 0 Å². The van der Waals surface area contributed by atoms with E-state index >= 15 is 0 Å². The van der Waals surface area contributed by atoms with Crippen LogP contribution in [0.25, 0.3) is 0 Å². The van der Waals surface area contributed by atoms with Gasteiger partial charge in [-0.05, 0) is 56.4 Å². The molecule has 0 radical (unpaired) electrons. The van der Waals surface area contributed by atoms with Gasteiger partial charge in [-0.2, -0.15) is 0 Å². The van der Waals surface area contributed by atoms with Gasteiger partial charge in [0.05, 0.1) is 6.54 Å². The van der Waals surface area contributed by atoms with Crippen molar-refractivity contribution in [1.29, 1.82) is 0 Å². The maximum Gasteiger partial charge on any atom is 0.251 e. The summed E-state index contributed by atoms with van der Waals surface area (Å²) in [5.74, 6) is -0.454. The lowest BCUT2D eigenvalue weighted by Gasteiger charge is -2.36. The largest absolute Gasteiger partial charge is 0.374 e. The Morgan fingerprint density at radius 3 is 2.43 bits per heavy atom. The standard InChI is InChI=1S/C28H40N4O5/c1-4-36-24-16-32(25-23(33)17-37-26(24)25)28(35)22(15-18(2)3)29-27(34)19-5-7-20(8-6-19)30-11-13-31(14-12-30)21-9-10-21/h5-8,18,21-22,24-26H,4,9-17H2,1-3H3,(H,29,34)/t22-,24-,25+,26+/m0/s1. The number of carbonyl (C=O) groups is 3. The first-order valence-electron chi connectivity index (χ1n) is 13.8. The lowest BCUT2D eigenvalue weighted by Crippen LogP contribution is -2.52. The van der Waals surface area contributed by atoms with E-state index in [0.717, 1.165) is 37.9 Å². The van der Waals surface area contributed by atoms with E-state index in [4.69, 9.17) is 9.47 Å². The molecule has 1 N–H and O–H groups in total. The maximum atomic E-state index is 13.7. The summed E-state index contributed by atoms with van der Waals surface area (Å²) in [4.78, 5) is 45.9. The molecule has 9 nitrogen and oxygen atoms in total. The normalized spacial score (nSPS) is 27.0. The van der Waals surface area contributed by atoms with Crippen LogP contribution in [0.4, 0.5) is 5.69 Å². The van der Waals surface area contributed by atoms with Crippen molar-refractivity contribution in [1.82, 2.24) is 15.1 Å². The fourth-order valence-electron chi connectivity index (χ4n) is 5.94. The van der Waals surface area contributed by atoms with Crippen molar-refractivity contribution in [2.75, 3.05) is 50.8 Å². The van der Waals surface area contributed by atoms with Crippen LogP contribution in [-0.2, 0) is 19.1 Å². The van der Waals surface area contributed by atoms with Crippen LogP contribution in [0.3, 0.4) is 0 Å². The first kappa shape index (κ1) is 26.1. The second kappa shape index (κ2) is 11.1. The number of likely N-dealkylation sites (tertiary alicyclic amines) is 1. The van der Waals surface area contributed by atoms with E-state index in [2.05, 4.69) is 15.1 Å². The summed E-state index contributed by atoms with van der Waals surface area (Å²) in [5, 5.41) is 2.96. The molecular weight excluding hydrogens is 472 g/mol. The highest BCUT2D eigenvalue weighted by molar-refractivity contribution is 5.99. The fourth-order valence-corrected chi connectivity index (χ4v) is 5.94. The van der Waals surface area contributed by atoms with Crippen molar-refractivity contribution in [3.05, 3.63) is 29.8 Å². The number of ketones is 1. The number of ether oxygens (including phenoxy) is 2. The molecule has 1 aromatic carbocycles. The van der Waals surface area contributed by atoms with Gasteiger partial charge >= 0.3 is 0 Å². The first-order valence-corrected chi connectivity index (χ1v) is 13.8. The number of nitrogens with zero attached hydrogens (tertiary/aromatic N) is 3. The van der Waals surface area contributed by atoms with Gasteiger partial charge in [0.15, 0.2) is 5.78 Å². The smallest absolute Gasteiger partial charge is 0.251 e. The van der Waals surface area contributed by atoms with E-state index in [0.29, 0.717) is 25.1 Å². The number of fused-ring (bicyclic) bond motifs is 1. The highest BCUT2D eigenvalue weighted by Gasteiger charge is 2.53. The number of amides is 2. The van der Waals surface area contributed by atoms with Crippen LogP contribution in [0.2, 0.25) is 0 Å². The monoisotopic (exact) mass is 512 g/mol. The van der Waals surface area contributed by atoms with Crippen LogP contribution in [0.1, 0.15) is 50.4 Å². The molecule has 9 heteroatoms. The molecule has 0 unspecified atom stereocenters. The first-order chi connectivity index (χ1) is 17.9. The van der Waals surface area contributed by atoms with E-state index in [-0.39, 0.29) is 36.2 Å². The van der Waals surface area contributed by atoms with E-state index in [1.165, 1.54) is 12.8 Å². The van der Waals surface area contributed by atoms with E-state index in [1.54, 1.807) is 4.90 Å². The number of rotatable bonds is 9. The predicted octanol–water partition coefficient (Wildman–Crippen LogP) is 1.70. The Morgan fingerprint density at radius 1 is 1.11 bits per heavy atom. The zero-order chi connectivity index (χ0) is 26.1. The molecule has 1 aromatic rings. The summed E-state index contributed by atoms with van der Waals surface area (Å²) >= 11 is 0. The van der Waals surface area contributed by atoms with Gasteiger partial charge < -0.3 is 24.6 Å². The highest BCUT2D eigenvalue weighted by Crippen LogP contribution is 2.31. The predicted molar refractivity (Wildman–Crippen MR) is 140 cm³/mol. The molecule has 0 aromatic heterocycles. The molecule has 3 heterocycles. The van der Waals surface area contributed by atoms with Crippen LogP contribution >= 0.6 is 0 Å². The lowest BCUT2D eigenvalue weighted by atomic mass is 10.0. The number of Topliss-reactive ketones (excluding diaryl/α,β-unsaturated/α-hetero) is 1. The quantitative estimate of drug-likeness (QED) is 0.539. The summed E-state index contributed by atoms with van der Waals surface area (Å²) in [6.45, 7) is 10.8. The molecule has 3 saturated heterocycles. The number of hydrogen-bond donors (Lipinski definition) is 1. The van der Waals surface area contributed by atoms with E-state index in [1.807, 2.05) is 45.0 Å².